The standard InChI is InChI=1S/C21H31N3O/c25-21(23-12-9-19-15-16-5-6-18(19)14-16)24-13-3-1-2-4-20(24)17-7-10-22-11-8-17/h7-8,10-11,16,18-20H,1-6,9,12-15H2,(H,23,25)/t16-,18-,19-,20-/m0/s1. The second-order valence-corrected chi connectivity index (χ2v) is 8.29. The van der Waals surface area contributed by atoms with Crippen LogP contribution in [-0.2, 0) is 0 Å². The summed E-state index contributed by atoms with van der Waals surface area (Å²) in [6.45, 7) is 1.71. The normalized spacial score (nSPS) is 31.8. The Bertz CT molecular complexity index is 576. The third-order valence-corrected chi connectivity index (χ3v) is 6.78. The van der Waals surface area contributed by atoms with E-state index in [2.05, 4.69) is 27.3 Å². The number of rotatable bonds is 4. The van der Waals surface area contributed by atoms with Crippen LogP contribution in [0.5, 0.6) is 0 Å². The van der Waals surface area contributed by atoms with Crippen LogP contribution >= 0.6 is 0 Å². The number of hydrogen-bond donors (Lipinski definition) is 1. The molecular formula is C21H31N3O. The molecule has 0 radical (unpaired) electrons. The number of aromatic nitrogens is 1. The summed E-state index contributed by atoms with van der Waals surface area (Å²) in [4.78, 5) is 19.1. The van der Waals surface area contributed by atoms with Gasteiger partial charge in [-0.25, -0.2) is 4.79 Å². The highest BCUT2D eigenvalue weighted by Crippen LogP contribution is 2.49. The minimum absolute atomic E-state index is 0.131. The van der Waals surface area contributed by atoms with E-state index in [-0.39, 0.29) is 12.1 Å². The van der Waals surface area contributed by atoms with Crippen LogP contribution in [0.2, 0.25) is 0 Å². The lowest BCUT2D eigenvalue weighted by molar-refractivity contribution is 0.174. The summed E-state index contributed by atoms with van der Waals surface area (Å²) < 4.78 is 0. The number of carbonyl (C=O) groups is 1. The molecule has 2 aliphatic carbocycles. The minimum Gasteiger partial charge on any atom is -0.338 e. The van der Waals surface area contributed by atoms with E-state index in [0.29, 0.717) is 0 Å². The molecule has 0 spiro atoms. The highest BCUT2D eigenvalue weighted by Gasteiger charge is 2.39. The Kier molecular flexibility index (Phi) is 5.23. The molecule has 3 aliphatic rings. The molecule has 1 aromatic rings. The van der Waals surface area contributed by atoms with Crippen LogP contribution in [0, 0.1) is 17.8 Å². The first kappa shape index (κ1) is 16.9. The maximum Gasteiger partial charge on any atom is 0.317 e. The molecule has 136 valence electrons. The average molecular weight is 341 g/mol. The van der Waals surface area contributed by atoms with Crippen molar-refractivity contribution in [2.24, 2.45) is 17.8 Å². The van der Waals surface area contributed by atoms with Crippen LogP contribution in [0.1, 0.15) is 69.4 Å². The van der Waals surface area contributed by atoms with Gasteiger partial charge in [-0.05, 0) is 74.0 Å². The maximum absolute atomic E-state index is 12.9. The van der Waals surface area contributed by atoms with Crippen LogP contribution in [0.4, 0.5) is 4.79 Å². The van der Waals surface area contributed by atoms with Crippen LogP contribution in [0.15, 0.2) is 24.5 Å². The fraction of sp³-hybridized carbons (Fsp3) is 0.714. The molecular weight excluding hydrogens is 310 g/mol. The first-order chi connectivity index (χ1) is 12.3. The smallest absolute Gasteiger partial charge is 0.317 e. The SMILES string of the molecule is O=C(NCC[C@H]1C[C@H]2CC[C@H]1C2)N1CCCCC[C@H]1c1ccncc1. The van der Waals surface area contributed by atoms with Crippen molar-refractivity contribution in [2.75, 3.05) is 13.1 Å². The molecule has 4 nitrogen and oxygen atoms in total. The lowest BCUT2D eigenvalue weighted by Gasteiger charge is -2.31. The molecule has 4 heteroatoms. The lowest BCUT2D eigenvalue weighted by atomic mass is 9.86. The first-order valence-corrected chi connectivity index (χ1v) is 10.3. The second-order valence-electron chi connectivity index (χ2n) is 8.29. The Balaban J connectivity index is 1.33. The molecule has 2 amide bonds. The Hall–Kier alpha value is -1.58. The Morgan fingerprint density at radius 1 is 1.12 bits per heavy atom. The Morgan fingerprint density at radius 3 is 2.76 bits per heavy atom. The van der Waals surface area contributed by atoms with E-state index in [1.807, 2.05) is 12.4 Å². The largest absolute Gasteiger partial charge is 0.338 e. The van der Waals surface area contributed by atoms with E-state index < -0.39 is 0 Å². The molecule has 25 heavy (non-hydrogen) atoms. The number of nitrogens with zero attached hydrogens (tertiary/aromatic N) is 2. The summed E-state index contributed by atoms with van der Waals surface area (Å²) in [6, 6.07) is 4.46. The van der Waals surface area contributed by atoms with E-state index in [1.54, 1.807) is 0 Å². The molecule has 2 saturated carbocycles. The van der Waals surface area contributed by atoms with Crippen molar-refractivity contribution in [2.45, 2.75) is 63.8 Å². The molecule has 1 saturated heterocycles. The van der Waals surface area contributed by atoms with E-state index >= 15 is 0 Å². The number of pyridine rings is 1. The monoisotopic (exact) mass is 341 g/mol. The molecule has 4 rings (SSSR count). The van der Waals surface area contributed by atoms with E-state index in [1.165, 1.54) is 50.5 Å². The van der Waals surface area contributed by atoms with Crippen molar-refractivity contribution in [1.29, 1.82) is 0 Å². The fourth-order valence-corrected chi connectivity index (χ4v) is 5.48. The molecule has 4 atom stereocenters. The zero-order valence-corrected chi connectivity index (χ0v) is 15.2. The molecule has 2 heterocycles. The summed E-state index contributed by atoms with van der Waals surface area (Å²) in [5, 5.41) is 3.24. The quantitative estimate of drug-likeness (QED) is 0.874. The van der Waals surface area contributed by atoms with Gasteiger partial charge in [-0.2, -0.15) is 0 Å². The van der Waals surface area contributed by atoms with Gasteiger partial charge >= 0.3 is 6.03 Å². The van der Waals surface area contributed by atoms with Crippen molar-refractivity contribution in [3.05, 3.63) is 30.1 Å². The summed E-state index contributed by atoms with van der Waals surface area (Å²) in [5.74, 6) is 2.80. The van der Waals surface area contributed by atoms with Gasteiger partial charge < -0.3 is 10.2 Å². The fourth-order valence-electron chi connectivity index (χ4n) is 5.48. The minimum atomic E-state index is 0.131. The van der Waals surface area contributed by atoms with Crippen molar-refractivity contribution in [1.82, 2.24) is 15.2 Å². The van der Waals surface area contributed by atoms with Crippen LogP contribution in [-0.4, -0.2) is 29.0 Å². The predicted octanol–water partition coefficient (Wildman–Crippen LogP) is 4.53. The van der Waals surface area contributed by atoms with Crippen LogP contribution in [0.25, 0.3) is 0 Å². The highest BCUT2D eigenvalue weighted by atomic mass is 16.2. The summed E-state index contributed by atoms with van der Waals surface area (Å²) >= 11 is 0. The molecule has 2 bridgehead atoms. The van der Waals surface area contributed by atoms with Gasteiger partial charge in [0.1, 0.15) is 0 Å². The molecule has 1 aliphatic heterocycles. The number of amides is 2. The number of likely N-dealkylation sites (tertiary alicyclic amines) is 1. The highest BCUT2D eigenvalue weighted by molar-refractivity contribution is 5.74. The molecule has 3 fully saturated rings. The number of carbonyl (C=O) groups excluding carboxylic acids is 1. The van der Waals surface area contributed by atoms with Gasteiger partial charge in [0.05, 0.1) is 6.04 Å². The Labute approximate surface area is 151 Å². The predicted molar refractivity (Wildman–Crippen MR) is 99.1 cm³/mol. The van der Waals surface area contributed by atoms with Crippen molar-refractivity contribution in [3.8, 4) is 0 Å². The zero-order chi connectivity index (χ0) is 17.1. The second kappa shape index (κ2) is 7.76. The lowest BCUT2D eigenvalue weighted by Crippen LogP contribution is -2.43. The first-order valence-electron chi connectivity index (χ1n) is 10.3. The van der Waals surface area contributed by atoms with E-state index in [0.717, 1.165) is 43.7 Å². The van der Waals surface area contributed by atoms with Gasteiger partial charge in [0.25, 0.3) is 0 Å². The van der Waals surface area contributed by atoms with Gasteiger partial charge in [-0.15, -0.1) is 0 Å². The molecule has 1 N–H and O–H groups in total. The third kappa shape index (κ3) is 3.83. The molecule has 0 aromatic carbocycles. The summed E-state index contributed by atoms with van der Waals surface area (Å²) in [7, 11) is 0. The Morgan fingerprint density at radius 2 is 2.00 bits per heavy atom. The number of nitrogens with one attached hydrogen (secondary N) is 1. The van der Waals surface area contributed by atoms with Crippen LogP contribution < -0.4 is 5.32 Å². The van der Waals surface area contributed by atoms with Crippen molar-refractivity contribution in [3.63, 3.8) is 0 Å². The molecule has 0 unspecified atom stereocenters. The van der Waals surface area contributed by atoms with E-state index in [9.17, 15) is 4.79 Å². The summed E-state index contributed by atoms with van der Waals surface area (Å²) in [5.41, 5.74) is 1.22. The topological polar surface area (TPSA) is 45.2 Å². The van der Waals surface area contributed by atoms with Crippen LogP contribution in [0.3, 0.4) is 0 Å². The third-order valence-electron chi connectivity index (χ3n) is 6.78. The zero-order valence-electron chi connectivity index (χ0n) is 15.2. The van der Waals surface area contributed by atoms with Gasteiger partial charge in [0.15, 0.2) is 0 Å². The number of fused-ring (bicyclic) bond motifs is 2. The molecule has 1 aromatic heterocycles. The van der Waals surface area contributed by atoms with Crippen molar-refractivity contribution < 1.29 is 4.79 Å². The van der Waals surface area contributed by atoms with Gasteiger partial charge in [-0.3, -0.25) is 4.98 Å². The van der Waals surface area contributed by atoms with E-state index in [4.69, 9.17) is 0 Å². The number of urea groups is 1. The average Bonchev–Trinajstić information content (AvgIpc) is 3.17. The summed E-state index contributed by atoms with van der Waals surface area (Å²) in [6.07, 6.45) is 15.2. The van der Waals surface area contributed by atoms with Gasteiger partial charge in [0.2, 0.25) is 0 Å². The van der Waals surface area contributed by atoms with Gasteiger partial charge in [0, 0.05) is 25.5 Å². The maximum atomic E-state index is 12.9. The van der Waals surface area contributed by atoms with Crippen molar-refractivity contribution >= 4 is 6.03 Å². The number of hydrogen-bond acceptors (Lipinski definition) is 2. The van der Waals surface area contributed by atoms with Gasteiger partial charge in [-0.1, -0.05) is 19.3 Å².